The molecule has 28 heavy (non-hydrogen) atoms. The molecule has 1 aliphatic heterocycles. The second-order valence-corrected chi connectivity index (χ2v) is 7.55. The van der Waals surface area contributed by atoms with Crippen molar-refractivity contribution in [2.24, 2.45) is 12.0 Å². The fraction of sp³-hybridized carbons (Fsp3) is 0.429. The lowest BCUT2D eigenvalue weighted by Crippen LogP contribution is -2.39. The number of para-hydroxylation sites is 1. The van der Waals surface area contributed by atoms with Crippen molar-refractivity contribution >= 4 is 29.2 Å². The number of aromatic nitrogens is 1. The molecule has 0 unspecified atom stereocenters. The number of anilines is 1. The Morgan fingerprint density at radius 1 is 1.36 bits per heavy atom. The molecule has 0 saturated carbocycles. The van der Waals surface area contributed by atoms with Crippen LogP contribution in [0.1, 0.15) is 24.1 Å². The number of hydrogen-bond donors (Lipinski definition) is 1. The molecule has 0 radical (unpaired) electrons. The monoisotopic (exact) mass is 401 g/mol. The van der Waals surface area contributed by atoms with Gasteiger partial charge in [-0.1, -0.05) is 29.8 Å². The molecule has 0 bridgehead atoms. The van der Waals surface area contributed by atoms with Gasteiger partial charge in [-0.25, -0.2) is 0 Å². The van der Waals surface area contributed by atoms with Crippen LogP contribution < -0.4 is 10.2 Å². The van der Waals surface area contributed by atoms with Crippen LogP contribution in [0.2, 0.25) is 5.02 Å². The van der Waals surface area contributed by atoms with Crippen LogP contribution in [0.15, 0.2) is 41.5 Å². The first-order valence-corrected chi connectivity index (χ1v) is 9.98. The molecule has 1 amide bonds. The highest BCUT2D eigenvalue weighted by Crippen LogP contribution is 2.28. The molecule has 1 aromatic heterocycles. The average Bonchev–Trinajstić information content (AvgIpc) is 3.24. The van der Waals surface area contributed by atoms with Crippen molar-refractivity contribution in [1.82, 2.24) is 14.8 Å². The first-order chi connectivity index (χ1) is 13.5. The van der Waals surface area contributed by atoms with Crippen molar-refractivity contribution in [1.29, 1.82) is 0 Å². The number of guanidine groups is 1. The first kappa shape index (κ1) is 20.3. The molecule has 150 valence electrons. The molecule has 0 spiro atoms. The number of amides is 1. The highest BCUT2D eigenvalue weighted by atomic mass is 35.5. The maximum atomic E-state index is 12.6. The van der Waals surface area contributed by atoms with Crippen molar-refractivity contribution in [3.8, 4) is 0 Å². The fourth-order valence-corrected chi connectivity index (χ4v) is 3.87. The van der Waals surface area contributed by atoms with Gasteiger partial charge in [-0.2, -0.15) is 0 Å². The zero-order valence-corrected chi connectivity index (χ0v) is 17.5. The topological polar surface area (TPSA) is 52.9 Å². The molecule has 1 aliphatic rings. The van der Waals surface area contributed by atoms with Gasteiger partial charge in [0.05, 0.1) is 11.6 Å². The lowest BCUT2D eigenvalue weighted by molar-refractivity contribution is -0.118. The third kappa shape index (κ3) is 4.68. The Kier molecular flexibility index (Phi) is 6.62. The minimum atomic E-state index is 0.188. The van der Waals surface area contributed by atoms with Gasteiger partial charge in [0.1, 0.15) is 0 Å². The van der Waals surface area contributed by atoms with Crippen molar-refractivity contribution in [3.05, 3.63) is 52.8 Å². The molecular weight excluding hydrogens is 374 g/mol. The SMILES string of the molecule is CN=C(NCCCC(=O)N1CCc2ccccc21)N(C)Cc1cc(Cl)cn1C. The number of nitrogens with one attached hydrogen (secondary N) is 1. The predicted octanol–water partition coefficient (Wildman–Crippen LogP) is 3.06. The van der Waals surface area contributed by atoms with Crippen LogP contribution in [0.3, 0.4) is 0 Å². The maximum Gasteiger partial charge on any atom is 0.227 e. The highest BCUT2D eigenvalue weighted by molar-refractivity contribution is 6.30. The Bertz CT molecular complexity index is 860. The molecule has 7 heteroatoms. The number of hydrogen-bond acceptors (Lipinski definition) is 2. The minimum Gasteiger partial charge on any atom is -0.356 e. The van der Waals surface area contributed by atoms with Gasteiger partial charge in [0, 0.05) is 58.2 Å². The molecule has 0 saturated heterocycles. The van der Waals surface area contributed by atoms with E-state index in [9.17, 15) is 4.79 Å². The van der Waals surface area contributed by atoms with E-state index < -0.39 is 0 Å². The third-order valence-electron chi connectivity index (χ3n) is 5.09. The second kappa shape index (κ2) is 9.15. The summed E-state index contributed by atoms with van der Waals surface area (Å²) in [4.78, 5) is 20.9. The summed E-state index contributed by atoms with van der Waals surface area (Å²) in [7, 11) is 5.74. The summed E-state index contributed by atoms with van der Waals surface area (Å²) in [6.07, 6.45) is 4.12. The summed E-state index contributed by atoms with van der Waals surface area (Å²) in [6.45, 7) is 2.19. The Balaban J connectivity index is 1.45. The molecule has 1 aromatic carbocycles. The molecule has 0 atom stereocenters. The van der Waals surface area contributed by atoms with E-state index in [4.69, 9.17) is 11.6 Å². The zero-order chi connectivity index (χ0) is 20.1. The van der Waals surface area contributed by atoms with E-state index in [0.29, 0.717) is 19.5 Å². The van der Waals surface area contributed by atoms with Gasteiger partial charge in [-0.3, -0.25) is 9.79 Å². The fourth-order valence-electron chi connectivity index (χ4n) is 3.60. The van der Waals surface area contributed by atoms with E-state index in [1.807, 2.05) is 58.9 Å². The minimum absolute atomic E-state index is 0.188. The van der Waals surface area contributed by atoms with Crippen molar-refractivity contribution < 1.29 is 4.79 Å². The lowest BCUT2D eigenvalue weighted by Gasteiger charge is -2.22. The van der Waals surface area contributed by atoms with Crippen LogP contribution in [0, 0.1) is 0 Å². The number of rotatable bonds is 6. The van der Waals surface area contributed by atoms with E-state index in [2.05, 4.69) is 16.4 Å². The van der Waals surface area contributed by atoms with Gasteiger partial charge in [0.2, 0.25) is 5.91 Å². The first-order valence-electron chi connectivity index (χ1n) is 9.60. The van der Waals surface area contributed by atoms with Gasteiger partial charge in [0.15, 0.2) is 5.96 Å². The summed E-state index contributed by atoms with van der Waals surface area (Å²) in [5, 5.41) is 4.08. The highest BCUT2D eigenvalue weighted by Gasteiger charge is 2.23. The number of aliphatic imine (C=N–C) groups is 1. The molecule has 3 rings (SSSR count). The van der Waals surface area contributed by atoms with Gasteiger partial charge >= 0.3 is 0 Å². The Hall–Kier alpha value is -2.47. The smallest absolute Gasteiger partial charge is 0.227 e. The zero-order valence-electron chi connectivity index (χ0n) is 16.8. The van der Waals surface area contributed by atoms with E-state index >= 15 is 0 Å². The summed E-state index contributed by atoms with van der Waals surface area (Å²) >= 11 is 6.06. The summed E-state index contributed by atoms with van der Waals surface area (Å²) in [5.74, 6) is 0.991. The van der Waals surface area contributed by atoms with Crippen LogP contribution in [0.5, 0.6) is 0 Å². The van der Waals surface area contributed by atoms with E-state index in [-0.39, 0.29) is 5.91 Å². The second-order valence-electron chi connectivity index (χ2n) is 7.12. The molecular formula is C21H28ClN5O. The summed E-state index contributed by atoms with van der Waals surface area (Å²) < 4.78 is 2.01. The van der Waals surface area contributed by atoms with Crippen LogP contribution >= 0.6 is 11.6 Å². The lowest BCUT2D eigenvalue weighted by atomic mass is 10.2. The maximum absolute atomic E-state index is 12.6. The third-order valence-corrected chi connectivity index (χ3v) is 5.29. The number of carbonyl (C=O) groups is 1. The standard InChI is InChI=1S/C21H28ClN5O/c1-23-21(26(3)15-18-13-17(22)14-25(18)2)24-11-6-9-20(28)27-12-10-16-7-4-5-8-19(16)27/h4-5,7-8,13-14H,6,9-12,15H2,1-3H3,(H,23,24). The molecule has 2 heterocycles. The van der Waals surface area contributed by atoms with Gasteiger partial charge < -0.3 is 19.7 Å². The largest absolute Gasteiger partial charge is 0.356 e. The van der Waals surface area contributed by atoms with Crippen LogP contribution in [-0.4, -0.2) is 48.5 Å². The van der Waals surface area contributed by atoms with Crippen molar-refractivity contribution in [2.45, 2.75) is 25.8 Å². The van der Waals surface area contributed by atoms with Crippen LogP contribution in [0.25, 0.3) is 0 Å². The van der Waals surface area contributed by atoms with Gasteiger partial charge in [0.25, 0.3) is 0 Å². The molecule has 1 N–H and O–H groups in total. The van der Waals surface area contributed by atoms with Crippen molar-refractivity contribution in [2.75, 3.05) is 32.1 Å². The molecule has 2 aromatic rings. The average molecular weight is 402 g/mol. The number of benzene rings is 1. The number of nitrogens with zero attached hydrogens (tertiary/aromatic N) is 4. The van der Waals surface area contributed by atoms with Crippen molar-refractivity contribution in [3.63, 3.8) is 0 Å². The van der Waals surface area contributed by atoms with E-state index in [0.717, 1.165) is 41.7 Å². The predicted molar refractivity (Wildman–Crippen MR) is 115 cm³/mol. The summed E-state index contributed by atoms with van der Waals surface area (Å²) in [6, 6.07) is 10.1. The summed E-state index contributed by atoms with van der Waals surface area (Å²) in [5.41, 5.74) is 3.44. The van der Waals surface area contributed by atoms with E-state index in [1.165, 1.54) is 5.56 Å². The Morgan fingerprint density at radius 2 is 2.14 bits per heavy atom. The molecule has 0 aliphatic carbocycles. The number of halogens is 1. The van der Waals surface area contributed by atoms with Gasteiger partial charge in [-0.15, -0.1) is 0 Å². The number of aryl methyl sites for hydroxylation is 1. The van der Waals surface area contributed by atoms with Crippen LogP contribution in [-0.2, 0) is 24.8 Å². The normalized spacial score (nSPS) is 13.6. The molecule has 6 nitrogen and oxygen atoms in total. The van der Waals surface area contributed by atoms with E-state index in [1.54, 1.807) is 7.05 Å². The van der Waals surface area contributed by atoms with Gasteiger partial charge in [-0.05, 0) is 30.5 Å². The molecule has 0 fully saturated rings. The van der Waals surface area contributed by atoms with Crippen LogP contribution in [0.4, 0.5) is 5.69 Å². The number of fused-ring (bicyclic) bond motifs is 1. The number of carbonyl (C=O) groups excluding carboxylic acids is 1. The Morgan fingerprint density at radius 3 is 2.86 bits per heavy atom. The Labute approximate surface area is 171 Å². The quantitative estimate of drug-likeness (QED) is 0.460.